The molecule has 0 aliphatic heterocycles. The van der Waals surface area contributed by atoms with Crippen LogP contribution in [0.5, 0.6) is 0 Å². The SMILES string of the molecule is Cn1nc(C(C)(C)C)cc1C(=O)NCC1CCC1. The summed E-state index contributed by atoms with van der Waals surface area (Å²) in [5.41, 5.74) is 1.59. The van der Waals surface area contributed by atoms with Crippen molar-refractivity contribution in [3.05, 3.63) is 17.5 Å². The normalized spacial score (nSPS) is 16.4. The lowest BCUT2D eigenvalue weighted by atomic mass is 9.85. The van der Waals surface area contributed by atoms with Gasteiger partial charge < -0.3 is 5.32 Å². The average Bonchev–Trinajstić information content (AvgIpc) is 2.57. The Morgan fingerprint density at radius 1 is 1.50 bits per heavy atom. The molecule has 1 heterocycles. The van der Waals surface area contributed by atoms with Crippen LogP contribution in [0.1, 0.15) is 56.2 Å². The van der Waals surface area contributed by atoms with E-state index in [1.165, 1.54) is 19.3 Å². The van der Waals surface area contributed by atoms with Gasteiger partial charge in [-0.15, -0.1) is 0 Å². The largest absolute Gasteiger partial charge is 0.350 e. The zero-order valence-electron chi connectivity index (χ0n) is 11.8. The Labute approximate surface area is 109 Å². The molecule has 1 amide bonds. The molecule has 100 valence electrons. The van der Waals surface area contributed by atoms with Gasteiger partial charge in [0.25, 0.3) is 5.91 Å². The van der Waals surface area contributed by atoms with Crippen LogP contribution in [-0.2, 0) is 12.5 Å². The molecule has 2 rings (SSSR count). The fourth-order valence-corrected chi connectivity index (χ4v) is 2.07. The highest BCUT2D eigenvalue weighted by molar-refractivity contribution is 5.92. The van der Waals surface area contributed by atoms with Crippen LogP contribution in [-0.4, -0.2) is 22.2 Å². The zero-order valence-corrected chi connectivity index (χ0v) is 11.8. The first-order valence-corrected chi connectivity index (χ1v) is 6.70. The minimum absolute atomic E-state index is 0.00704. The number of aromatic nitrogens is 2. The molecule has 0 atom stereocenters. The molecular formula is C14H23N3O. The Morgan fingerprint density at radius 3 is 2.61 bits per heavy atom. The number of carbonyl (C=O) groups is 1. The molecular weight excluding hydrogens is 226 g/mol. The van der Waals surface area contributed by atoms with Gasteiger partial charge in [-0.25, -0.2) is 0 Å². The molecule has 1 aromatic heterocycles. The van der Waals surface area contributed by atoms with Crippen LogP contribution in [0.3, 0.4) is 0 Å². The van der Waals surface area contributed by atoms with Crippen molar-refractivity contribution >= 4 is 5.91 Å². The lowest BCUT2D eigenvalue weighted by molar-refractivity contribution is 0.0929. The van der Waals surface area contributed by atoms with E-state index >= 15 is 0 Å². The van der Waals surface area contributed by atoms with Gasteiger partial charge in [0.05, 0.1) is 5.69 Å². The number of rotatable bonds is 3. The number of carbonyl (C=O) groups excluding carboxylic acids is 1. The minimum atomic E-state index is -0.0235. The maximum Gasteiger partial charge on any atom is 0.269 e. The topological polar surface area (TPSA) is 46.9 Å². The molecule has 0 unspecified atom stereocenters. The third-order valence-electron chi connectivity index (χ3n) is 3.66. The Morgan fingerprint density at radius 2 is 2.17 bits per heavy atom. The van der Waals surface area contributed by atoms with Crippen LogP contribution in [0, 0.1) is 5.92 Å². The summed E-state index contributed by atoms with van der Waals surface area (Å²) >= 11 is 0. The predicted molar refractivity (Wildman–Crippen MR) is 71.6 cm³/mol. The molecule has 0 saturated heterocycles. The fraction of sp³-hybridized carbons (Fsp3) is 0.714. The molecule has 0 radical (unpaired) electrons. The van der Waals surface area contributed by atoms with E-state index in [-0.39, 0.29) is 11.3 Å². The molecule has 1 aromatic rings. The molecule has 1 fully saturated rings. The third kappa shape index (κ3) is 2.74. The summed E-state index contributed by atoms with van der Waals surface area (Å²) in [5, 5.41) is 7.43. The first-order chi connectivity index (χ1) is 8.38. The monoisotopic (exact) mass is 249 g/mol. The van der Waals surface area contributed by atoms with Gasteiger partial charge in [0.1, 0.15) is 5.69 Å². The van der Waals surface area contributed by atoms with E-state index in [4.69, 9.17) is 0 Å². The van der Waals surface area contributed by atoms with Gasteiger partial charge >= 0.3 is 0 Å². The predicted octanol–water partition coefficient (Wildman–Crippen LogP) is 2.25. The van der Waals surface area contributed by atoms with E-state index in [1.54, 1.807) is 4.68 Å². The highest BCUT2D eigenvalue weighted by Gasteiger charge is 2.23. The van der Waals surface area contributed by atoms with Crippen LogP contribution >= 0.6 is 0 Å². The van der Waals surface area contributed by atoms with E-state index in [2.05, 4.69) is 31.2 Å². The number of nitrogens with zero attached hydrogens (tertiary/aromatic N) is 2. The number of nitrogens with one attached hydrogen (secondary N) is 1. The first-order valence-electron chi connectivity index (χ1n) is 6.70. The van der Waals surface area contributed by atoms with E-state index < -0.39 is 0 Å². The zero-order chi connectivity index (χ0) is 13.3. The summed E-state index contributed by atoms with van der Waals surface area (Å²) in [6.45, 7) is 7.11. The fourth-order valence-electron chi connectivity index (χ4n) is 2.07. The maximum atomic E-state index is 12.1. The summed E-state index contributed by atoms with van der Waals surface area (Å²) in [6.07, 6.45) is 3.80. The van der Waals surface area contributed by atoms with Gasteiger partial charge in [-0.1, -0.05) is 27.2 Å². The van der Waals surface area contributed by atoms with Crippen molar-refractivity contribution in [2.75, 3.05) is 6.54 Å². The Kier molecular flexibility index (Phi) is 3.46. The van der Waals surface area contributed by atoms with Crippen molar-refractivity contribution in [1.29, 1.82) is 0 Å². The van der Waals surface area contributed by atoms with Crippen molar-refractivity contribution in [3.8, 4) is 0 Å². The Hall–Kier alpha value is -1.32. The minimum Gasteiger partial charge on any atom is -0.350 e. The lowest BCUT2D eigenvalue weighted by Gasteiger charge is -2.25. The first kappa shape index (κ1) is 13.1. The molecule has 0 spiro atoms. The summed E-state index contributed by atoms with van der Waals surface area (Å²) in [5.74, 6) is 0.677. The van der Waals surface area contributed by atoms with Crippen molar-refractivity contribution in [1.82, 2.24) is 15.1 Å². The average molecular weight is 249 g/mol. The van der Waals surface area contributed by atoms with Crippen molar-refractivity contribution in [2.45, 2.75) is 45.4 Å². The molecule has 4 heteroatoms. The van der Waals surface area contributed by atoms with Gasteiger partial charge in [-0.05, 0) is 24.8 Å². The molecule has 18 heavy (non-hydrogen) atoms. The van der Waals surface area contributed by atoms with Crippen LogP contribution in [0.15, 0.2) is 6.07 Å². The number of hydrogen-bond acceptors (Lipinski definition) is 2. The van der Waals surface area contributed by atoms with Gasteiger partial charge in [0.15, 0.2) is 0 Å². The van der Waals surface area contributed by atoms with Crippen molar-refractivity contribution in [3.63, 3.8) is 0 Å². The highest BCUT2D eigenvalue weighted by atomic mass is 16.2. The molecule has 1 aliphatic rings. The molecule has 0 aromatic carbocycles. The van der Waals surface area contributed by atoms with Gasteiger partial charge in [0, 0.05) is 19.0 Å². The van der Waals surface area contributed by atoms with Crippen LogP contribution < -0.4 is 5.32 Å². The highest BCUT2D eigenvalue weighted by Crippen LogP contribution is 2.25. The van der Waals surface area contributed by atoms with Crippen LogP contribution in [0.2, 0.25) is 0 Å². The number of hydrogen-bond donors (Lipinski definition) is 1. The summed E-state index contributed by atoms with van der Waals surface area (Å²) in [7, 11) is 1.83. The molecule has 4 nitrogen and oxygen atoms in total. The van der Waals surface area contributed by atoms with Gasteiger partial charge in [-0.3, -0.25) is 9.48 Å². The maximum absolute atomic E-state index is 12.1. The van der Waals surface area contributed by atoms with Crippen LogP contribution in [0.25, 0.3) is 0 Å². The quantitative estimate of drug-likeness (QED) is 0.893. The van der Waals surface area contributed by atoms with Gasteiger partial charge in [0.2, 0.25) is 0 Å². The molecule has 0 bridgehead atoms. The van der Waals surface area contributed by atoms with E-state index in [0.717, 1.165) is 12.2 Å². The second-order valence-corrected chi connectivity index (χ2v) is 6.30. The number of amides is 1. The van der Waals surface area contributed by atoms with Crippen LogP contribution in [0.4, 0.5) is 0 Å². The smallest absolute Gasteiger partial charge is 0.269 e. The van der Waals surface area contributed by atoms with Gasteiger partial charge in [-0.2, -0.15) is 5.10 Å². The standard InChI is InChI=1S/C14H23N3O/c1-14(2,3)12-8-11(17(4)16-12)13(18)15-9-10-6-5-7-10/h8,10H,5-7,9H2,1-4H3,(H,15,18). The molecule has 1 N–H and O–H groups in total. The Balaban J connectivity index is 2.02. The van der Waals surface area contributed by atoms with Crippen molar-refractivity contribution < 1.29 is 4.79 Å². The second-order valence-electron chi connectivity index (χ2n) is 6.30. The Bertz CT molecular complexity index is 438. The lowest BCUT2D eigenvalue weighted by Crippen LogP contribution is -2.33. The van der Waals surface area contributed by atoms with E-state index in [9.17, 15) is 4.79 Å². The van der Waals surface area contributed by atoms with E-state index in [0.29, 0.717) is 11.6 Å². The molecule has 1 aliphatic carbocycles. The summed E-state index contributed by atoms with van der Waals surface area (Å²) in [4.78, 5) is 12.1. The summed E-state index contributed by atoms with van der Waals surface area (Å²) in [6, 6.07) is 1.90. The molecule has 1 saturated carbocycles. The number of aryl methyl sites for hydroxylation is 1. The van der Waals surface area contributed by atoms with E-state index in [1.807, 2.05) is 13.1 Å². The summed E-state index contributed by atoms with van der Waals surface area (Å²) < 4.78 is 1.68. The van der Waals surface area contributed by atoms with Crippen molar-refractivity contribution in [2.24, 2.45) is 13.0 Å². The second kappa shape index (κ2) is 4.75. The third-order valence-corrected chi connectivity index (χ3v) is 3.66.